The summed E-state index contributed by atoms with van der Waals surface area (Å²) in [6.45, 7) is 4.43. The Morgan fingerprint density at radius 3 is 2.56 bits per heavy atom. The SMILES string of the molecule is CC1(C)CC1(CO)c1cc(C#N)ccc1Br. The van der Waals surface area contributed by atoms with Crippen LogP contribution in [0, 0.1) is 16.7 Å². The Morgan fingerprint density at radius 1 is 1.50 bits per heavy atom. The lowest BCUT2D eigenvalue weighted by Crippen LogP contribution is -2.20. The van der Waals surface area contributed by atoms with Crippen LogP contribution in [0.2, 0.25) is 0 Å². The van der Waals surface area contributed by atoms with Crippen LogP contribution in [0.15, 0.2) is 22.7 Å². The van der Waals surface area contributed by atoms with Gasteiger partial charge in [-0.3, -0.25) is 0 Å². The highest BCUT2D eigenvalue weighted by atomic mass is 79.9. The van der Waals surface area contributed by atoms with Crippen LogP contribution in [0.4, 0.5) is 0 Å². The maximum Gasteiger partial charge on any atom is 0.0991 e. The molecule has 1 saturated carbocycles. The van der Waals surface area contributed by atoms with Gasteiger partial charge in [-0.15, -0.1) is 0 Å². The third kappa shape index (κ3) is 1.49. The van der Waals surface area contributed by atoms with Gasteiger partial charge in [0, 0.05) is 9.89 Å². The smallest absolute Gasteiger partial charge is 0.0991 e. The zero-order chi connectivity index (χ0) is 12.0. The Labute approximate surface area is 104 Å². The first-order chi connectivity index (χ1) is 7.47. The van der Waals surface area contributed by atoms with E-state index in [1.165, 1.54) is 0 Å². The molecule has 1 aliphatic carbocycles. The summed E-state index contributed by atoms with van der Waals surface area (Å²) in [6, 6.07) is 7.70. The zero-order valence-corrected chi connectivity index (χ0v) is 11.0. The van der Waals surface area contributed by atoms with Gasteiger partial charge < -0.3 is 5.11 Å². The molecule has 0 spiro atoms. The number of hydrogen-bond donors (Lipinski definition) is 1. The number of nitriles is 1. The van der Waals surface area contributed by atoms with Crippen molar-refractivity contribution in [1.82, 2.24) is 0 Å². The number of benzene rings is 1. The van der Waals surface area contributed by atoms with E-state index >= 15 is 0 Å². The van der Waals surface area contributed by atoms with Crippen LogP contribution in [0.25, 0.3) is 0 Å². The van der Waals surface area contributed by atoms with E-state index in [-0.39, 0.29) is 17.4 Å². The number of aliphatic hydroxyl groups excluding tert-OH is 1. The second kappa shape index (κ2) is 3.58. The van der Waals surface area contributed by atoms with Crippen molar-refractivity contribution in [3.8, 4) is 6.07 Å². The lowest BCUT2D eigenvalue weighted by atomic mass is 9.88. The minimum absolute atomic E-state index is 0.109. The molecule has 1 aromatic carbocycles. The number of nitrogens with zero attached hydrogens (tertiary/aromatic N) is 1. The minimum atomic E-state index is -0.182. The molecule has 1 fully saturated rings. The van der Waals surface area contributed by atoms with Crippen molar-refractivity contribution < 1.29 is 5.11 Å². The van der Waals surface area contributed by atoms with Gasteiger partial charge >= 0.3 is 0 Å². The highest BCUT2D eigenvalue weighted by Gasteiger charge is 2.62. The maximum atomic E-state index is 9.63. The molecule has 1 unspecified atom stereocenters. The third-order valence-electron chi connectivity index (χ3n) is 3.80. The summed E-state index contributed by atoms with van der Waals surface area (Å²) in [4.78, 5) is 0. The Morgan fingerprint density at radius 2 is 2.12 bits per heavy atom. The molecule has 2 nitrogen and oxygen atoms in total. The lowest BCUT2D eigenvalue weighted by Gasteiger charge is -2.20. The van der Waals surface area contributed by atoms with E-state index in [2.05, 4.69) is 35.8 Å². The Kier molecular flexibility index (Phi) is 2.60. The standard InChI is InChI=1S/C13H14BrNO/c1-12(2)7-13(12,8-16)10-5-9(6-15)3-4-11(10)14/h3-5,16H,7-8H2,1-2H3. The molecule has 1 aliphatic rings. The van der Waals surface area contributed by atoms with E-state index in [4.69, 9.17) is 5.26 Å². The second-order valence-corrected chi connectivity index (χ2v) is 5.96. The van der Waals surface area contributed by atoms with Gasteiger partial charge in [-0.25, -0.2) is 0 Å². The summed E-state index contributed by atoms with van der Waals surface area (Å²) in [6.07, 6.45) is 0.962. The molecule has 0 saturated heterocycles. The topological polar surface area (TPSA) is 44.0 Å². The van der Waals surface area contributed by atoms with Crippen molar-refractivity contribution in [1.29, 1.82) is 5.26 Å². The second-order valence-electron chi connectivity index (χ2n) is 5.11. The summed E-state index contributed by atoms with van der Waals surface area (Å²) in [5.41, 5.74) is 1.63. The van der Waals surface area contributed by atoms with Crippen LogP contribution in [-0.4, -0.2) is 11.7 Å². The first-order valence-electron chi connectivity index (χ1n) is 5.28. The molecule has 0 heterocycles. The van der Waals surface area contributed by atoms with Crippen LogP contribution >= 0.6 is 15.9 Å². The molecule has 16 heavy (non-hydrogen) atoms. The molecule has 3 heteroatoms. The number of hydrogen-bond acceptors (Lipinski definition) is 2. The monoisotopic (exact) mass is 279 g/mol. The van der Waals surface area contributed by atoms with Gasteiger partial charge in [-0.05, 0) is 35.6 Å². The van der Waals surface area contributed by atoms with Gasteiger partial charge in [-0.1, -0.05) is 29.8 Å². The molecule has 0 bridgehead atoms. The fraction of sp³-hybridized carbons (Fsp3) is 0.462. The first-order valence-corrected chi connectivity index (χ1v) is 6.07. The van der Waals surface area contributed by atoms with Crippen LogP contribution in [0.1, 0.15) is 31.4 Å². The van der Waals surface area contributed by atoms with Gasteiger partial charge in [0.25, 0.3) is 0 Å². The van der Waals surface area contributed by atoms with Crippen molar-refractivity contribution in [3.63, 3.8) is 0 Å². The summed E-state index contributed by atoms with van der Waals surface area (Å²) in [5, 5.41) is 18.5. The lowest BCUT2D eigenvalue weighted by molar-refractivity contribution is 0.231. The molecule has 0 amide bonds. The van der Waals surface area contributed by atoms with Crippen LogP contribution in [0.3, 0.4) is 0 Å². The number of halogens is 1. The van der Waals surface area contributed by atoms with Crippen LogP contribution in [0.5, 0.6) is 0 Å². The maximum absolute atomic E-state index is 9.63. The van der Waals surface area contributed by atoms with E-state index in [0.717, 1.165) is 16.5 Å². The molecule has 0 aliphatic heterocycles. The fourth-order valence-electron chi connectivity index (χ4n) is 2.49. The number of rotatable bonds is 2. The Hall–Kier alpha value is -0.850. The van der Waals surface area contributed by atoms with E-state index in [1.807, 2.05) is 12.1 Å². The molecule has 2 rings (SSSR count). The molecule has 84 valence electrons. The van der Waals surface area contributed by atoms with E-state index < -0.39 is 0 Å². The summed E-state index contributed by atoms with van der Waals surface area (Å²) in [5.74, 6) is 0. The Balaban J connectivity index is 2.53. The quantitative estimate of drug-likeness (QED) is 0.905. The van der Waals surface area contributed by atoms with Gasteiger partial charge in [0.15, 0.2) is 0 Å². The highest BCUT2D eigenvalue weighted by Crippen LogP contribution is 2.65. The molecule has 0 aromatic heterocycles. The summed E-state index contributed by atoms with van der Waals surface area (Å²) in [7, 11) is 0. The summed E-state index contributed by atoms with van der Waals surface area (Å²) >= 11 is 3.51. The van der Waals surface area contributed by atoms with Gasteiger partial charge in [-0.2, -0.15) is 5.26 Å². The Bertz CT molecular complexity index is 475. The van der Waals surface area contributed by atoms with Crippen molar-refractivity contribution >= 4 is 15.9 Å². The molecular formula is C13H14BrNO. The first kappa shape index (κ1) is 11.6. The third-order valence-corrected chi connectivity index (χ3v) is 4.49. The van der Waals surface area contributed by atoms with Crippen molar-refractivity contribution in [2.45, 2.75) is 25.7 Å². The van der Waals surface area contributed by atoms with Crippen LogP contribution in [-0.2, 0) is 5.41 Å². The van der Waals surface area contributed by atoms with Crippen molar-refractivity contribution in [2.24, 2.45) is 5.41 Å². The minimum Gasteiger partial charge on any atom is -0.395 e. The van der Waals surface area contributed by atoms with Gasteiger partial charge in [0.1, 0.15) is 0 Å². The molecule has 1 N–H and O–H groups in total. The average Bonchev–Trinajstić information content (AvgIpc) is 2.83. The van der Waals surface area contributed by atoms with E-state index in [1.54, 1.807) is 6.07 Å². The molecule has 0 radical (unpaired) electrons. The summed E-state index contributed by atoms with van der Waals surface area (Å²) < 4.78 is 0.978. The average molecular weight is 280 g/mol. The number of aliphatic hydroxyl groups is 1. The van der Waals surface area contributed by atoms with Gasteiger partial charge in [0.2, 0.25) is 0 Å². The molecule has 1 atom stereocenters. The molecule has 1 aromatic rings. The largest absolute Gasteiger partial charge is 0.395 e. The van der Waals surface area contributed by atoms with Gasteiger partial charge in [0.05, 0.1) is 18.2 Å². The fourth-order valence-corrected chi connectivity index (χ4v) is 3.11. The normalized spacial score (nSPS) is 26.2. The van der Waals surface area contributed by atoms with Crippen molar-refractivity contribution in [3.05, 3.63) is 33.8 Å². The highest BCUT2D eigenvalue weighted by molar-refractivity contribution is 9.10. The molecular weight excluding hydrogens is 266 g/mol. The van der Waals surface area contributed by atoms with Crippen molar-refractivity contribution in [2.75, 3.05) is 6.61 Å². The van der Waals surface area contributed by atoms with E-state index in [0.29, 0.717) is 5.56 Å². The van der Waals surface area contributed by atoms with E-state index in [9.17, 15) is 5.11 Å². The van der Waals surface area contributed by atoms with Crippen LogP contribution < -0.4 is 0 Å². The predicted octanol–water partition coefficient (Wildman–Crippen LogP) is 2.98. The predicted molar refractivity (Wildman–Crippen MR) is 66.0 cm³/mol. The zero-order valence-electron chi connectivity index (χ0n) is 9.42.